The molecule has 0 aliphatic rings. The van der Waals surface area contributed by atoms with Crippen molar-refractivity contribution in [1.29, 1.82) is 0 Å². The average Bonchev–Trinajstić information content (AvgIpc) is 2.33. The van der Waals surface area contributed by atoms with E-state index in [0.29, 0.717) is 4.47 Å². The SMILES string of the molecule is NC(c1cccnc1)c1ccc(Br)c(F)c1. The molecule has 4 heteroatoms. The van der Waals surface area contributed by atoms with E-state index in [9.17, 15) is 4.39 Å². The minimum absolute atomic E-state index is 0.308. The third-order valence-electron chi connectivity index (χ3n) is 2.35. The van der Waals surface area contributed by atoms with Crippen LogP contribution >= 0.6 is 15.9 Å². The van der Waals surface area contributed by atoms with Crippen molar-refractivity contribution in [1.82, 2.24) is 4.98 Å². The third kappa shape index (κ3) is 2.28. The van der Waals surface area contributed by atoms with Crippen molar-refractivity contribution in [3.63, 3.8) is 0 Å². The number of rotatable bonds is 2. The van der Waals surface area contributed by atoms with Crippen molar-refractivity contribution in [2.24, 2.45) is 5.73 Å². The molecule has 0 amide bonds. The van der Waals surface area contributed by atoms with Crippen LogP contribution in [0.3, 0.4) is 0 Å². The Morgan fingerprint density at radius 1 is 1.25 bits per heavy atom. The van der Waals surface area contributed by atoms with Crippen LogP contribution in [0.2, 0.25) is 0 Å². The van der Waals surface area contributed by atoms with E-state index in [0.717, 1.165) is 11.1 Å². The first kappa shape index (κ1) is 11.2. The zero-order valence-corrected chi connectivity index (χ0v) is 9.99. The normalized spacial score (nSPS) is 12.4. The molecule has 2 N–H and O–H groups in total. The first-order chi connectivity index (χ1) is 7.68. The van der Waals surface area contributed by atoms with Gasteiger partial charge < -0.3 is 5.73 Å². The molecule has 82 valence electrons. The number of nitrogens with zero attached hydrogens (tertiary/aromatic N) is 1. The van der Waals surface area contributed by atoms with Gasteiger partial charge in [-0.2, -0.15) is 0 Å². The summed E-state index contributed by atoms with van der Waals surface area (Å²) in [6, 6.07) is 8.21. The maximum atomic E-state index is 13.3. The highest BCUT2D eigenvalue weighted by Gasteiger charge is 2.10. The Bertz CT molecular complexity index is 488. The molecule has 2 rings (SSSR count). The molecule has 2 aromatic rings. The van der Waals surface area contributed by atoms with Crippen LogP contribution in [0.4, 0.5) is 4.39 Å². The van der Waals surface area contributed by atoms with E-state index >= 15 is 0 Å². The van der Waals surface area contributed by atoms with Gasteiger partial charge in [0, 0.05) is 12.4 Å². The fourth-order valence-corrected chi connectivity index (χ4v) is 1.70. The molecule has 0 aliphatic carbocycles. The van der Waals surface area contributed by atoms with Gasteiger partial charge in [-0.1, -0.05) is 12.1 Å². The number of benzene rings is 1. The van der Waals surface area contributed by atoms with Crippen LogP contribution in [-0.2, 0) is 0 Å². The smallest absolute Gasteiger partial charge is 0.137 e. The molecular weight excluding hydrogens is 271 g/mol. The Morgan fingerprint density at radius 2 is 2.06 bits per heavy atom. The Balaban J connectivity index is 2.34. The maximum Gasteiger partial charge on any atom is 0.137 e. The summed E-state index contributed by atoms with van der Waals surface area (Å²) in [6.07, 6.45) is 3.36. The standard InChI is InChI=1S/C12H10BrFN2/c13-10-4-3-8(6-11(10)14)12(15)9-2-1-5-16-7-9/h1-7,12H,15H2. The van der Waals surface area contributed by atoms with Crippen LogP contribution in [-0.4, -0.2) is 4.98 Å². The van der Waals surface area contributed by atoms with E-state index in [1.165, 1.54) is 6.07 Å². The summed E-state index contributed by atoms with van der Waals surface area (Å²) in [5.41, 5.74) is 7.61. The van der Waals surface area contributed by atoms with Crippen LogP contribution in [0.5, 0.6) is 0 Å². The highest BCUT2D eigenvalue weighted by Crippen LogP contribution is 2.23. The van der Waals surface area contributed by atoms with Crippen LogP contribution in [0, 0.1) is 5.82 Å². The summed E-state index contributed by atoms with van der Waals surface area (Å²) in [5.74, 6) is -0.308. The van der Waals surface area contributed by atoms with E-state index in [1.807, 2.05) is 12.1 Å². The molecule has 2 nitrogen and oxygen atoms in total. The largest absolute Gasteiger partial charge is 0.320 e. The topological polar surface area (TPSA) is 38.9 Å². The van der Waals surface area contributed by atoms with Gasteiger partial charge in [0.2, 0.25) is 0 Å². The van der Waals surface area contributed by atoms with E-state index in [1.54, 1.807) is 24.5 Å². The number of halogens is 2. The molecule has 0 spiro atoms. The van der Waals surface area contributed by atoms with Gasteiger partial charge in [-0.05, 0) is 45.3 Å². The number of pyridine rings is 1. The van der Waals surface area contributed by atoms with Crippen molar-refractivity contribution in [2.75, 3.05) is 0 Å². The van der Waals surface area contributed by atoms with E-state index < -0.39 is 0 Å². The van der Waals surface area contributed by atoms with E-state index in [2.05, 4.69) is 20.9 Å². The molecule has 1 aromatic heterocycles. The van der Waals surface area contributed by atoms with Gasteiger partial charge in [0.1, 0.15) is 5.82 Å². The average molecular weight is 281 g/mol. The molecule has 0 saturated carbocycles. The number of hydrogen-bond donors (Lipinski definition) is 1. The van der Waals surface area contributed by atoms with Gasteiger partial charge >= 0.3 is 0 Å². The molecule has 16 heavy (non-hydrogen) atoms. The van der Waals surface area contributed by atoms with Gasteiger partial charge in [0.25, 0.3) is 0 Å². The van der Waals surface area contributed by atoms with Crippen LogP contribution < -0.4 is 5.73 Å². The number of hydrogen-bond acceptors (Lipinski definition) is 2. The van der Waals surface area contributed by atoms with Gasteiger partial charge in [0.05, 0.1) is 10.5 Å². The minimum atomic E-state index is -0.351. The highest BCUT2D eigenvalue weighted by molar-refractivity contribution is 9.10. The first-order valence-electron chi connectivity index (χ1n) is 4.79. The minimum Gasteiger partial charge on any atom is -0.320 e. The van der Waals surface area contributed by atoms with Crippen molar-refractivity contribution >= 4 is 15.9 Å². The molecule has 1 atom stereocenters. The lowest BCUT2D eigenvalue weighted by molar-refractivity contribution is 0.617. The molecule has 0 bridgehead atoms. The number of nitrogens with two attached hydrogens (primary N) is 1. The van der Waals surface area contributed by atoms with Gasteiger partial charge in [0.15, 0.2) is 0 Å². The Hall–Kier alpha value is -1.26. The predicted octanol–water partition coefficient (Wildman–Crippen LogP) is 3.03. The van der Waals surface area contributed by atoms with Crippen molar-refractivity contribution in [3.05, 3.63) is 64.1 Å². The fraction of sp³-hybridized carbons (Fsp3) is 0.0833. The summed E-state index contributed by atoms with van der Waals surface area (Å²) in [6.45, 7) is 0. The summed E-state index contributed by atoms with van der Waals surface area (Å²) < 4.78 is 13.8. The summed E-state index contributed by atoms with van der Waals surface area (Å²) in [7, 11) is 0. The molecule has 0 radical (unpaired) electrons. The Kier molecular flexibility index (Phi) is 3.31. The maximum absolute atomic E-state index is 13.3. The van der Waals surface area contributed by atoms with Gasteiger partial charge in [-0.15, -0.1) is 0 Å². The zero-order chi connectivity index (χ0) is 11.5. The lowest BCUT2D eigenvalue weighted by Crippen LogP contribution is -2.12. The molecule has 1 heterocycles. The summed E-state index contributed by atoms with van der Waals surface area (Å²) in [5, 5.41) is 0. The Morgan fingerprint density at radius 3 is 2.69 bits per heavy atom. The summed E-state index contributed by atoms with van der Waals surface area (Å²) in [4.78, 5) is 3.99. The molecule has 0 saturated heterocycles. The fourth-order valence-electron chi connectivity index (χ4n) is 1.46. The first-order valence-corrected chi connectivity index (χ1v) is 5.58. The van der Waals surface area contributed by atoms with Crippen LogP contribution in [0.25, 0.3) is 0 Å². The predicted molar refractivity (Wildman–Crippen MR) is 64.4 cm³/mol. The molecule has 1 aromatic carbocycles. The van der Waals surface area contributed by atoms with Crippen molar-refractivity contribution < 1.29 is 4.39 Å². The second-order valence-electron chi connectivity index (χ2n) is 3.44. The second kappa shape index (κ2) is 4.72. The van der Waals surface area contributed by atoms with Crippen LogP contribution in [0.15, 0.2) is 47.2 Å². The van der Waals surface area contributed by atoms with Gasteiger partial charge in [-0.25, -0.2) is 4.39 Å². The van der Waals surface area contributed by atoms with Crippen LogP contribution in [0.1, 0.15) is 17.2 Å². The lowest BCUT2D eigenvalue weighted by atomic mass is 10.0. The summed E-state index contributed by atoms with van der Waals surface area (Å²) >= 11 is 3.11. The Labute approximate surface area is 101 Å². The third-order valence-corrected chi connectivity index (χ3v) is 2.99. The molecular formula is C12H10BrFN2. The monoisotopic (exact) mass is 280 g/mol. The highest BCUT2D eigenvalue weighted by atomic mass is 79.9. The molecule has 0 fully saturated rings. The molecule has 0 aliphatic heterocycles. The van der Waals surface area contributed by atoms with Crippen molar-refractivity contribution in [3.8, 4) is 0 Å². The number of aromatic nitrogens is 1. The van der Waals surface area contributed by atoms with E-state index in [-0.39, 0.29) is 11.9 Å². The quantitative estimate of drug-likeness (QED) is 0.919. The zero-order valence-electron chi connectivity index (χ0n) is 8.40. The van der Waals surface area contributed by atoms with Gasteiger partial charge in [-0.3, -0.25) is 4.98 Å². The van der Waals surface area contributed by atoms with E-state index in [4.69, 9.17) is 5.73 Å². The second-order valence-corrected chi connectivity index (χ2v) is 4.29. The molecule has 1 unspecified atom stereocenters. The van der Waals surface area contributed by atoms with Crippen molar-refractivity contribution in [2.45, 2.75) is 6.04 Å². The lowest BCUT2D eigenvalue weighted by Gasteiger charge is -2.12.